The SMILES string of the molecule is CCOC(=O)c1cc(NC(=O)CN(c2ccccc2OC)S(=O)(=O)c2ccc(OC)cc2)ccc1Cl. The third-order valence-electron chi connectivity index (χ3n) is 5.03. The first-order valence-corrected chi connectivity index (χ1v) is 12.6. The number of esters is 1. The van der Waals surface area contributed by atoms with Crippen LogP contribution in [0.15, 0.2) is 71.6 Å². The maximum Gasteiger partial charge on any atom is 0.339 e. The fourth-order valence-corrected chi connectivity index (χ4v) is 4.94. The lowest BCUT2D eigenvalue weighted by molar-refractivity contribution is -0.114. The average molecular weight is 533 g/mol. The molecule has 1 amide bonds. The maximum atomic E-state index is 13.6. The molecule has 0 aliphatic heterocycles. The maximum absolute atomic E-state index is 13.6. The molecule has 1 N–H and O–H groups in total. The van der Waals surface area contributed by atoms with E-state index in [9.17, 15) is 18.0 Å². The van der Waals surface area contributed by atoms with E-state index in [0.717, 1.165) is 4.31 Å². The van der Waals surface area contributed by atoms with Gasteiger partial charge in [0.15, 0.2) is 0 Å². The molecule has 0 fully saturated rings. The van der Waals surface area contributed by atoms with Crippen molar-refractivity contribution in [2.45, 2.75) is 11.8 Å². The number of hydrogen-bond acceptors (Lipinski definition) is 7. The van der Waals surface area contributed by atoms with Crippen LogP contribution < -0.4 is 19.1 Å². The van der Waals surface area contributed by atoms with Crippen molar-refractivity contribution in [1.29, 1.82) is 0 Å². The second-order valence-electron chi connectivity index (χ2n) is 7.32. The van der Waals surface area contributed by atoms with Gasteiger partial charge in [-0.05, 0) is 61.5 Å². The van der Waals surface area contributed by atoms with Crippen molar-refractivity contribution in [3.05, 3.63) is 77.3 Å². The van der Waals surface area contributed by atoms with E-state index >= 15 is 0 Å². The molecule has 0 saturated heterocycles. The molecule has 0 aromatic heterocycles. The van der Waals surface area contributed by atoms with E-state index in [-0.39, 0.29) is 39.2 Å². The zero-order valence-corrected chi connectivity index (χ0v) is 21.4. The largest absolute Gasteiger partial charge is 0.497 e. The predicted molar refractivity (Wildman–Crippen MR) is 137 cm³/mol. The molecule has 0 bridgehead atoms. The summed E-state index contributed by atoms with van der Waals surface area (Å²) in [6, 6.07) is 16.5. The highest BCUT2D eigenvalue weighted by Gasteiger charge is 2.29. The number of hydrogen-bond donors (Lipinski definition) is 1. The highest BCUT2D eigenvalue weighted by Crippen LogP contribution is 2.32. The number of carbonyl (C=O) groups excluding carboxylic acids is 2. The zero-order chi connectivity index (χ0) is 26.3. The molecule has 0 unspecified atom stereocenters. The summed E-state index contributed by atoms with van der Waals surface area (Å²) in [5, 5.41) is 2.77. The van der Waals surface area contributed by atoms with Gasteiger partial charge in [-0.1, -0.05) is 23.7 Å². The summed E-state index contributed by atoms with van der Waals surface area (Å²) in [4.78, 5) is 25.1. The first-order valence-electron chi connectivity index (χ1n) is 10.8. The molecule has 190 valence electrons. The number of carbonyl (C=O) groups is 2. The van der Waals surface area contributed by atoms with Crippen LogP contribution in [0.2, 0.25) is 5.02 Å². The molecule has 0 aliphatic rings. The molecule has 3 rings (SSSR count). The van der Waals surface area contributed by atoms with Crippen molar-refractivity contribution in [1.82, 2.24) is 0 Å². The lowest BCUT2D eigenvalue weighted by atomic mass is 10.2. The lowest BCUT2D eigenvalue weighted by Crippen LogP contribution is -2.38. The van der Waals surface area contributed by atoms with Crippen molar-refractivity contribution in [2.75, 3.05) is 37.0 Å². The fraction of sp³-hybridized carbons (Fsp3) is 0.200. The number of halogens is 1. The number of ether oxygens (including phenoxy) is 3. The normalized spacial score (nSPS) is 10.9. The van der Waals surface area contributed by atoms with Gasteiger partial charge >= 0.3 is 5.97 Å². The van der Waals surface area contributed by atoms with E-state index in [1.807, 2.05) is 0 Å². The first-order chi connectivity index (χ1) is 17.2. The van der Waals surface area contributed by atoms with Crippen LogP contribution in [0, 0.1) is 0 Å². The zero-order valence-electron chi connectivity index (χ0n) is 19.9. The Bertz CT molecular complexity index is 1340. The van der Waals surface area contributed by atoms with Gasteiger partial charge in [0.05, 0.1) is 42.0 Å². The van der Waals surface area contributed by atoms with Crippen LogP contribution in [0.25, 0.3) is 0 Å². The minimum absolute atomic E-state index is 0.0434. The van der Waals surface area contributed by atoms with E-state index in [1.54, 1.807) is 25.1 Å². The van der Waals surface area contributed by atoms with Gasteiger partial charge in [0.1, 0.15) is 18.0 Å². The second-order valence-corrected chi connectivity index (χ2v) is 9.59. The molecule has 0 radical (unpaired) electrons. The molecule has 0 saturated carbocycles. The number of rotatable bonds is 10. The fourth-order valence-electron chi connectivity index (χ4n) is 3.31. The number of nitrogens with one attached hydrogen (secondary N) is 1. The molecule has 0 aliphatic carbocycles. The third kappa shape index (κ3) is 6.07. The number of anilines is 2. The van der Waals surface area contributed by atoms with Crippen LogP contribution in [-0.4, -0.2) is 47.7 Å². The number of nitrogens with zero attached hydrogens (tertiary/aromatic N) is 1. The number of para-hydroxylation sites is 2. The van der Waals surface area contributed by atoms with Crippen molar-refractivity contribution in [3.8, 4) is 11.5 Å². The van der Waals surface area contributed by atoms with Gasteiger partial charge in [-0.15, -0.1) is 0 Å². The third-order valence-corrected chi connectivity index (χ3v) is 7.14. The number of sulfonamides is 1. The summed E-state index contributed by atoms with van der Waals surface area (Å²) in [5.74, 6) is -0.555. The molecular formula is C25H25ClN2O7S. The number of benzene rings is 3. The van der Waals surface area contributed by atoms with Gasteiger partial charge in [-0.3, -0.25) is 9.10 Å². The molecule has 9 nitrogen and oxygen atoms in total. The molecule has 11 heteroatoms. The summed E-state index contributed by atoms with van der Waals surface area (Å²) in [7, 11) is -1.32. The van der Waals surface area contributed by atoms with E-state index in [4.69, 9.17) is 25.8 Å². The van der Waals surface area contributed by atoms with E-state index in [2.05, 4.69) is 5.32 Å². The van der Waals surface area contributed by atoms with E-state index in [0.29, 0.717) is 5.75 Å². The Hall–Kier alpha value is -3.76. The van der Waals surface area contributed by atoms with Crippen molar-refractivity contribution in [3.63, 3.8) is 0 Å². The van der Waals surface area contributed by atoms with Gasteiger partial charge < -0.3 is 19.5 Å². The van der Waals surface area contributed by atoms with Crippen LogP contribution in [-0.2, 0) is 19.6 Å². The van der Waals surface area contributed by atoms with Crippen LogP contribution in [0.3, 0.4) is 0 Å². The van der Waals surface area contributed by atoms with Crippen LogP contribution >= 0.6 is 11.6 Å². The van der Waals surface area contributed by atoms with Crippen molar-refractivity contribution < 1.29 is 32.2 Å². The molecule has 3 aromatic rings. The molecule has 36 heavy (non-hydrogen) atoms. The molecule has 3 aromatic carbocycles. The van der Waals surface area contributed by atoms with Gasteiger partial charge in [-0.2, -0.15) is 0 Å². The molecular weight excluding hydrogens is 508 g/mol. The van der Waals surface area contributed by atoms with Crippen LogP contribution in [0.5, 0.6) is 11.5 Å². The average Bonchev–Trinajstić information content (AvgIpc) is 2.88. The van der Waals surface area contributed by atoms with E-state index in [1.165, 1.54) is 62.8 Å². The summed E-state index contributed by atoms with van der Waals surface area (Å²) in [6.45, 7) is 1.24. The Labute approximate surface area is 214 Å². The van der Waals surface area contributed by atoms with Gasteiger partial charge in [0, 0.05) is 5.69 Å². The predicted octanol–water partition coefficient (Wildman–Crippen LogP) is 4.37. The highest BCUT2D eigenvalue weighted by molar-refractivity contribution is 7.92. The van der Waals surface area contributed by atoms with Crippen LogP contribution in [0.1, 0.15) is 17.3 Å². The number of methoxy groups -OCH3 is 2. The van der Waals surface area contributed by atoms with Gasteiger partial charge in [0.25, 0.3) is 10.0 Å². The highest BCUT2D eigenvalue weighted by atomic mass is 35.5. The summed E-state index contributed by atoms with van der Waals surface area (Å²) >= 11 is 6.09. The Balaban J connectivity index is 1.95. The standard InChI is InChI=1S/C25H25ClN2O7S/c1-4-35-25(30)20-15-17(9-14-21(20)26)27-24(29)16-28(22-7-5-6-8-23(22)34-3)36(31,32)19-12-10-18(33-2)11-13-19/h5-15H,4,16H2,1-3H3,(H,27,29). The summed E-state index contributed by atoms with van der Waals surface area (Å²) in [6.07, 6.45) is 0. The summed E-state index contributed by atoms with van der Waals surface area (Å²) in [5.41, 5.74) is 0.493. The second kappa shape index (κ2) is 11.8. The Morgan fingerprint density at radius 1 is 0.972 bits per heavy atom. The quantitative estimate of drug-likeness (QED) is 0.386. The topological polar surface area (TPSA) is 111 Å². The summed E-state index contributed by atoms with van der Waals surface area (Å²) < 4.78 is 43.6. The first kappa shape index (κ1) is 26.8. The van der Waals surface area contributed by atoms with Crippen LogP contribution in [0.4, 0.5) is 11.4 Å². The molecule has 0 atom stereocenters. The molecule has 0 spiro atoms. The number of amides is 1. The minimum atomic E-state index is -4.19. The Morgan fingerprint density at radius 3 is 2.31 bits per heavy atom. The van der Waals surface area contributed by atoms with Crippen molar-refractivity contribution >= 4 is 44.9 Å². The molecule has 0 heterocycles. The minimum Gasteiger partial charge on any atom is -0.497 e. The Kier molecular flexibility index (Phi) is 8.78. The van der Waals surface area contributed by atoms with Gasteiger partial charge in [-0.25, -0.2) is 13.2 Å². The van der Waals surface area contributed by atoms with Gasteiger partial charge in [0.2, 0.25) is 5.91 Å². The van der Waals surface area contributed by atoms with Crippen molar-refractivity contribution in [2.24, 2.45) is 0 Å². The monoisotopic (exact) mass is 532 g/mol. The Morgan fingerprint density at radius 2 is 1.67 bits per heavy atom. The van der Waals surface area contributed by atoms with E-state index < -0.39 is 28.4 Å². The smallest absolute Gasteiger partial charge is 0.339 e. The lowest BCUT2D eigenvalue weighted by Gasteiger charge is -2.25.